The highest BCUT2D eigenvalue weighted by atomic mass is 16.5. The minimum Gasteiger partial charge on any atom is -0.374 e. The third-order valence-corrected chi connectivity index (χ3v) is 2.92. The number of allylic oxidation sites excluding steroid dienone is 4. The lowest BCUT2D eigenvalue weighted by molar-refractivity contribution is -0.117. The van der Waals surface area contributed by atoms with Crippen LogP contribution in [0, 0.1) is 0 Å². The van der Waals surface area contributed by atoms with E-state index in [9.17, 15) is 4.79 Å². The Bertz CT molecular complexity index is 427. The highest BCUT2D eigenvalue weighted by Gasteiger charge is 2.22. The fourth-order valence-electron chi connectivity index (χ4n) is 1.62. The number of hydrogen-bond acceptors (Lipinski definition) is 3. The lowest BCUT2D eigenvalue weighted by Gasteiger charge is -2.30. The van der Waals surface area contributed by atoms with Crippen molar-refractivity contribution in [1.29, 1.82) is 0 Å². The summed E-state index contributed by atoms with van der Waals surface area (Å²) in [7, 11) is 0. The number of carbonyl (C=O) groups is 1. The van der Waals surface area contributed by atoms with Gasteiger partial charge in [0.15, 0.2) is 0 Å². The number of nitrogens with two attached hydrogens (primary N) is 1. The summed E-state index contributed by atoms with van der Waals surface area (Å²) in [5, 5.41) is 2.93. The average molecular weight is 308 g/mol. The fourth-order valence-corrected chi connectivity index (χ4v) is 1.62. The van der Waals surface area contributed by atoms with Crippen molar-refractivity contribution in [2.24, 2.45) is 5.73 Å². The van der Waals surface area contributed by atoms with Gasteiger partial charge in [-0.05, 0) is 54.0 Å². The maximum absolute atomic E-state index is 12.1. The number of amides is 1. The first-order chi connectivity index (χ1) is 10.1. The molecule has 0 saturated heterocycles. The third kappa shape index (κ3) is 10.4. The molecule has 4 heteroatoms. The van der Waals surface area contributed by atoms with Crippen molar-refractivity contribution in [3.8, 4) is 0 Å². The van der Waals surface area contributed by atoms with E-state index >= 15 is 0 Å². The van der Waals surface area contributed by atoms with Crippen LogP contribution in [0.1, 0.15) is 48.0 Å². The first-order valence-electron chi connectivity index (χ1n) is 7.78. The van der Waals surface area contributed by atoms with Crippen LogP contribution in [0.4, 0.5) is 0 Å². The molecule has 0 aliphatic rings. The predicted octanol–water partition coefficient (Wildman–Crippen LogP) is 3.10. The van der Waals surface area contributed by atoms with Gasteiger partial charge in [0.1, 0.15) is 0 Å². The minimum atomic E-state index is -0.352. The van der Waals surface area contributed by atoms with E-state index in [-0.39, 0.29) is 17.0 Å². The van der Waals surface area contributed by atoms with Gasteiger partial charge in [0.25, 0.3) is 5.91 Å². The van der Waals surface area contributed by atoms with E-state index in [0.29, 0.717) is 18.7 Å². The van der Waals surface area contributed by atoms with Gasteiger partial charge < -0.3 is 15.8 Å². The fraction of sp³-hybridized carbons (Fsp3) is 0.611. The zero-order valence-corrected chi connectivity index (χ0v) is 14.9. The quantitative estimate of drug-likeness (QED) is 0.508. The molecule has 0 rings (SSSR count). The molecule has 0 aromatic carbocycles. The summed E-state index contributed by atoms with van der Waals surface area (Å²) in [5.41, 5.74) is 5.89. The second-order valence-electron chi connectivity index (χ2n) is 6.69. The molecule has 126 valence electrons. The number of rotatable bonds is 9. The lowest BCUT2D eigenvalue weighted by Crippen LogP contribution is -2.42. The predicted molar refractivity (Wildman–Crippen MR) is 93.6 cm³/mol. The molecule has 0 aliphatic carbocycles. The Labute approximate surface area is 135 Å². The Morgan fingerprint density at radius 3 is 2.32 bits per heavy atom. The Morgan fingerprint density at radius 2 is 1.82 bits per heavy atom. The van der Waals surface area contributed by atoms with E-state index < -0.39 is 0 Å². The van der Waals surface area contributed by atoms with Gasteiger partial charge in [0.2, 0.25) is 0 Å². The van der Waals surface area contributed by atoms with Crippen molar-refractivity contribution in [2.75, 3.05) is 13.2 Å². The average Bonchev–Trinajstić information content (AvgIpc) is 2.40. The third-order valence-electron chi connectivity index (χ3n) is 2.92. The summed E-state index contributed by atoms with van der Waals surface area (Å²) >= 11 is 0. The number of carbonyl (C=O) groups excluding carboxylic acids is 1. The van der Waals surface area contributed by atoms with Gasteiger partial charge in [-0.2, -0.15) is 0 Å². The van der Waals surface area contributed by atoms with Crippen LogP contribution in [0.3, 0.4) is 0 Å². The van der Waals surface area contributed by atoms with Gasteiger partial charge in [0, 0.05) is 17.7 Å². The second kappa shape index (κ2) is 9.59. The molecule has 4 nitrogen and oxygen atoms in total. The van der Waals surface area contributed by atoms with Gasteiger partial charge in [0.05, 0.1) is 12.2 Å². The van der Waals surface area contributed by atoms with Gasteiger partial charge in [-0.25, -0.2) is 0 Å². The second-order valence-corrected chi connectivity index (χ2v) is 6.69. The van der Waals surface area contributed by atoms with Crippen molar-refractivity contribution in [2.45, 2.75) is 59.1 Å². The number of hydrogen-bond donors (Lipinski definition) is 2. The molecule has 0 aromatic heterocycles. The van der Waals surface area contributed by atoms with Crippen molar-refractivity contribution in [3.05, 3.63) is 36.0 Å². The Morgan fingerprint density at radius 1 is 1.18 bits per heavy atom. The molecule has 22 heavy (non-hydrogen) atoms. The van der Waals surface area contributed by atoms with Crippen LogP contribution < -0.4 is 11.1 Å². The van der Waals surface area contributed by atoms with Crippen molar-refractivity contribution in [1.82, 2.24) is 5.32 Å². The number of nitrogens with one attached hydrogen (secondary N) is 1. The Hall–Kier alpha value is -1.39. The molecule has 0 atom stereocenters. The SMILES string of the molecule is C\C=C/C=C(\C=C/C)C(=O)NCCC(C)(C)OCC(C)(C)N. The van der Waals surface area contributed by atoms with Crippen LogP contribution in [-0.2, 0) is 9.53 Å². The Kier molecular flexibility index (Phi) is 8.99. The topological polar surface area (TPSA) is 64.3 Å². The van der Waals surface area contributed by atoms with E-state index in [1.54, 1.807) is 12.2 Å². The monoisotopic (exact) mass is 308 g/mol. The molecule has 0 aromatic rings. The van der Waals surface area contributed by atoms with Gasteiger partial charge >= 0.3 is 0 Å². The van der Waals surface area contributed by atoms with Crippen LogP contribution in [0.15, 0.2) is 36.0 Å². The molecule has 0 saturated carbocycles. The lowest BCUT2D eigenvalue weighted by atomic mass is 10.0. The summed E-state index contributed by atoms with van der Waals surface area (Å²) in [6, 6.07) is 0. The molecule has 1 amide bonds. The summed E-state index contributed by atoms with van der Waals surface area (Å²) in [4.78, 5) is 12.1. The normalized spacial score (nSPS) is 14.0. The summed E-state index contributed by atoms with van der Waals surface area (Å²) in [6.07, 6.45) is 9.92. The first-order valence-corrected chi connectivity index (χ1v) is 7.78. The molecular weight excluding hydrogens is 276 g/mol. The number of ether oxygens (including phenoxy) is 1. The molecule has 3 N–H and O–H groups in total. The summed E-state index contributed by atoms with van der Waals surface area (Å²) in [6.45, 7) is 12.7. The molecule has 0 fully saturated rings. The van der Waals surface area contributed by atoms with Crippen LogP contribution in [0.2, 0.25) is 0 Å². The van der Waals surface area contributed by atoms with Crippen LogP contribution in [-0.4, -0.2) is 30.2 Å². The van der Waals surface area contributed by atoms with E-state index in [1.807, 2.05) is 59.8 Å². The van der Waals surface area contributed by atoms with E-state index in [0.717, 1.165) is 6.42 Å². The maximum atomic E-state index is 12.1. The van der Waals surface area contributed by atoms with Crippen molar-refractivity contribution in [3.63, 3.8) is 0 Å². The van der Waals surface area contributed by atoms with Gasteiger partial charge in [-0.1, -0.05) is 24.3 Å². The van der Waals surface area contributed by atoms with Gasteiger partial charge in [-0.15, -0.1) is 0 Å². The molecule has 0 aliphatic heterocycles. The standard InChI is InChI=1S/C18H32N2O2/c1-7-9-11-15(10-8-2)16(21)20-13-12-18(5,6)22-14-17(3,4)19/h7-11H,12-14,19H2,1-6H3,(H,20,21)/b9-7-,10-8-,15-11+. The van der Waals surface area contributed by atoms with E-state index in [1.165, 1.54) is 0 Å². The minimum absolute atomic E-state index is 0.0776. The van der Waals surface area contributed by atoms with E-state index in [4.69, 9.17) is 10.5 Å². The van der Waals surface area contributed by atoms with Crippen molar-refractivity contribution >= 4 is 5.91 Å². The zero-order valence-electron chi connectivity index (χ0n) is 14.9. The van der Waals surface area contributed by atoms with Crippen LogP contribution in [0.25, 0.3) is 0 Å². The maximum Gasteiger partial charge on any atom is 0.251 e. The van der Waals surface area contributed by atoms with Crippen LogP contribution >= 0.6 is 0 Å². The summed E-state index contributed by atoms with van der Waals surface area (Å²) < 4.78 is 5.83. The molecule has 0 spiro atoms. The van der Waals surface area contributed by atoms with E-state index in [2.05, 4.69) is 5.32 Å². The molecular formula is C18H32N2O2. The first kappa shape index (κ1) is 20.6. The highest BCUT2D eigenvalue weighted by molar-refractivity contribution is 5.96. The van der Waals surface area contributed by atoms with Crippen molar-refractivity contribution < 1.29 is 9.53 Å². The zero-order chi connectivity index (χ0) is 17.2. The van der Waals surface area contributed by atoms with Gasteiger partial charge in [-0.3, -0.25) is 4.79 Å². The summed E-state index contributed by atoms with van der Waals surface area (Å²) in [5.74, 6) is -0.0776. The molecule has 0 radical (unpaired) electrons. The highest BCUT2D eigenvalue weighted by Crippen LogP contribution is 2.16. The molecule has 0 bridgehead atoms. The Balaban J connectivity index is 4.40. The van der Waals surface area contributed by atoms with Crippen LogP contribution in [0.5, 0.6) is 0 Å². The largest absolute Gasteiger partial charge is 0.374 e. The molecule has 0 unspecified atom stereocenters. The smallest absolute Gasteiger partial charge is 0.251 e. The molecule has 0 heterocycles.